The maximum Gasteiger partial charge on any atom is 0.343 e. The second-order valence-corrected chi connectivity index (χ2v) is 4.28. The Morgan fingerprint density at radius 3 is 2.93 bits per heavy atom. The van der Waals surface area contributed by atoms with Crippen molar-refractivity contribution in [2.45, 2.75) is 26.3 Å². The first-order valence-electron chi connectivity index (χ1n) is 4.73. The van der Waals surface area contributed by atoms with Gasteiger partial charge in [0, 0.05) is 11.3 Å². The number of H-pyrrole nitrogens is 1. The molecule has 0 aliphatic heterocycles. The van der Waals surface area contributed by atoms with Crippen LogP contribution in [-0.2, 0) is 6.54 Å². The third-order valence-corrected chi connectivity index (χ3v) is 2.65. The summed E-state index contributed by atoms with van der Waals surface area (Å²) in [5, 5.41) is 6.08. The molecule has 2 aromatic rings. The minimum absolute atomic E-state index is 0.174. The van der Waals surface area contributed by atoms with Crippen LogP contribution in [0, 0.1) is 0 Å². The molecule has 6 heteroatoms. The smallest absolute Gasteiger partial charge is 0.293 e. The lowest BCUT2D eigenvalue weighted by atomic mass is 10.2. The highest BCUT2D eigenvalue weighted by molar-refractivity contribution is 7.03. The van der Waals surface area contributed by atoms with Gasteiger partial charge in [-0.1, -0.05) is 13.8 Å². The average molecular weight is 224 g/mol. The molecule has 0 saturated carbocycles. The Balaban J connectivity index is 2.26. The van der Waals surface area contributed by atoms with Gasteiger partial charge in [0.15, 0.2) is 0 Å². The van der Waals surface area contributed by atoms with Crippen LogP contribution in [0.3, 0.4) is 0 Å². The Morgan fingerprint density at radius 1 is 1.60 bits per heavy atom. The molecule has 1 N–H and O–H groups in total. The van der Waals surface area contributed by atoms with Crippen LogP contribution in [0.25, 0.3) is 0 Å². The third-order valence-electron chi connectivity index (χ3n) is 2.05. The molecule has 0 spiro atoms. The molecular weight excluding hydrogens is 212 g/mol. The van der Waals surface area contributed by atoms with Crippen LogP contribution in [0.2, 0.25) is 0 Å². The lowest BCUT2D eigenvalue weighted by Crippen LogP contribution is -2.18. The molecule has 0 aromatic carbocycles. The van der Waals surface area contributed by atoms with Gasteiger partial charge in [-0.15, -0.1) is 0 Å². The number of rotatable bonds is 3. The van der Waals surface area contributed by atoms with Crippen molar-refractivity contribution in [2.24, 2.45) is 0 Å². The first-order valence-corrected chi connectivity index (χ1v) is 5.56. The molecule has 15 heavy (non-hydrogen) atoms. The summed E-state index contributed by atoms with van der Waals surface area (Å²) in [5.74, 6) is 0.949. The van der Waals surface area contributed by atoms with Crippen LogP contribution in [0.4, 0.5) is 0 Å². The first kappa shape index (κ1) is 10.1. The topological polar surface area (TPSA) is 63.6 Å². The fourth-order valence-corrected chi connectivity index (χ4v) is 1.75. The van der Waals surface area contributed by atoms with Crippen LogP contribution in [0.15, 0.2) is 16.2 Å². The van der Waals surface area contributed by atoms with Gasteiger partial charge >= 0.3 is 5.69 Å². The summed E-state index contributed by atoms with van der Waals surface area (Å²) in [5.41, 5.74) is 0.690. The minimum atomic E-state index is -0.174. The molecule has 0 saturated heterocycles. The summed E-state index contributed by atoms with van der Waals surface area (Å²) in [6.07, 6.45) is 0. The van der Waals surface area contributed by atoms with Crippen molar-refractivity contribution in [1.29, 1.82) is 0 Å². The van der Waals surface area contributed by atoms with E-state index in [4.69, 9.17) is 0 Å². The maximum absolute atomic E-state index is 11.5. The lowest BCUT2D eigenvalue weighted by Gasteiger charge is -1.97. The molecule has 0 atom stereocenters. The summed E-state index contributed by atoms with van der Waals surface area (Å²) >= 11 is 1.37. The van der Waals surface area contributed by atoms with E-state index in [-0.39, 0.29) is 11.6 Å². The Bertz CT molecular complexity index is 482. The van der Waals surface area contributed by atoms with E-state index in [1.54, 1.807) is 0 Å². The number of aromatic amines is 1. The predicted octanol–water partition coefficient (Wildman–Crippen LogP) is 1.20. The van der Waals surface area contributed by atoms with E-state index >= 15 is 0 Å². The summed E-state index contributed by atoms with van der Waals surface area (Å²) in [4.78, 5) is 14.2. The fraction of sp³-hybridized carbons (Fsp3) is 0.444. The second-order valence-electron chi connectivity index (χ2n) is 3.62. The first-order chi connectivity index (χ1) is 7.16. The third kappa shape index (κ3) is 2.15. The van der Waals surface area contributed by atoms with E-state index in [0.29, 0.717) is 6.54 Å². The number of hydrogen-bond donors (Lipinski definition) is 1. The summed E-state index contributed by atoms with van der Waals surface area (Å²) < 4.78 is 5.54. The van der Waals surface area contributed by atoms with Gasteiger partial charge in [-0.05, 0) is 17.6 Å². The van der Waals surface area contributed by atoms with Crippen molar-refractivity contribution in [3.63, 3.8) is 0 Å². The molecular formula is C9H12N4OS. The van der Waals surface area contributed by atoms with Crippen molar-refractivity contribution in [1.82, 2.24) is 19.1 Å². The molecule has 0 aliphatic carbocycles. The van der Waals surface area contributed by atoms with Gasteiger partial charge in [0.2, 0.25) is 0 Å². The molecule has 2 aromatic heterocycles. The number of nitrogens with zero attached hydrogens (tertiary/aromatic N) is 3. The molecule has 80 valence electrons. The van der Waals surface area contributed by atoms with Gasteiger partial charge in [0.1, 0.15) is 5.82 Å². The molecule has 0 fully saturated rings. The van der Waals surface area contributed by atoms with Gasteiger partial charge in [-0.2, -0.15) is 9.47 Å². The van der Waals surface area contributed by atoms with E-state index in [2.05, 4.69) is 14.5 Å². The maximum atomic E-state index is 11.5. The summed E-state index contributed by atoms with van der Waals surface area (Å²) in [6, 6.07) is 1.89. The minimum Gasteiger partial charge on any atom is -0.293 e. The fourth-order valence-electron chi connectivity index (χ4n) is 1.21. The van der Waals surface area contributed by atoms with Gasteiger partial charge in [0.05, 0.1) is 12.2 Å². The zero-order chi connectivity index (χ0) is 10.8. The van der Waals surface area contributed by atoms with E-state index in [1.165, 1.54) is 16.2 Å². The molecule has 0 radical (unpaired) electrons. The van der Waals surface area contributed by atoms with E-state index in [1.807, 2.05) is 25.3 Å². The normalized spacial score (nSPS) is 11.1. The van der Waals surface area contributed by atoms with Crippen LogP contribution in [0.1, 0.15) is 31.3 Å². The van der Waals surface area contributed by atoms with Crippen molar-refractivity contribution in [3.05, 3.63) is 33.4 Å². The Hall–Kier alpha value is -1.43. The molecule has 0 unspecified atom stereocenters. The monoisotopic (exact) mass is 224 g/mol. The Kier molecular flexibility index (Phi) is 2.68. The van der Waals surface area contributed by atoms with Crippen molar-refractivity contribution in [2.75, 3.05) is 0 Å². The molecule has 5 nitrogen and oxygen atoms in total. The van der Waals surface area contributed by atoms with Crippen LogP contribution < -0.4 is 5.69 Å². The number of aromatic nitrogens is 4. The van der Waals surface area contributed by atoms with Gasteiger partial charge in [-0.25, -0.2) is 9.48 Å². The van der Waals surface area contributed by atoms with Gasteiger partial charge in [-0.3, -0.25) is 4.98 Å². The van der Waals surface area contributed by atoms with Gasteiger partial charge < -0.3 is 0 Å². The second kappa shape index (κ2) is 3.98. The van der Waals surface area contributed by atoms with Crippen molar-refractivity contribution in [3.8, 4) is 0 Å². The zero-order valence-electron chi connectivity index (χ0n) is 8.60. The summed E-state index contributed by atoms with van der Waals surface area (Å²) in [7, 11) is 0. The van der Waals surface area contributed by atoms with Crippen LogP contribution in [0.5, 0.6) is 0 Å². The zero-order valence-corrected chi connectivity index (χ0v) is 9.41. The van der Waals surface area contributed by atoms with Crippen LogP contribution >= 0.6 is 11.5 Å². The number of hydrogen-bond acceptors (Lipinski definition) is 4. The SMILES string of the molecule is CC(C)c1nn(Cc2ccsn2)c(=O)[nH]1. The highest BCUT2D eigenvalue weighted by atomic mass is 32.1. The summed E-state index contributed by atoms with van der Waals surface area (Å²) in [6.45, 7) is 4.42. The molecule has 0 aliphatic rings. The van der Waals surface area contributed by atoms with Crippen molar-refractivity contribution >= 4 is 11.5 Å². The standard InChI is InChI=1S/C9H12N4OS/c1-6(2)8-10-9(14)13(11-8)5-7-3-4-15-12-7/h3-4,6H,5H2,1-2H3,(H,10,11,14). The molecule has 2 heterocycles. The Morgan fingerprint density at radius 2 is 2.40 bits per heavy atom. The quantitative estimate of drug-likeness (QED) is 0.852. The predicted molar refractivity (Wildman–Crippen MR) is 58.2 cm³/mol. The van der Waals surface area contributed by atoms with Crippen molar-refractivity contribution < 1.29 is 0 Å². The van der Waals surface area contributed by atoms with Gasteiger partial charge in [0.25, 0.3) is 0 Å². The molecule has 2 rings (SSSR count). The highest BCUT2D eigenvalue weighted by Gasteiger charge is 2.08. The van der Waals surface area contributed by atoms with E-state index < -0.39 is 0 Å². The highest BCUT2D eigenvalue weighted by Crippen LogP contribution is 2.06. The average Bonchev–Trinajstić information content (AvgIpc) is 2.77. The Labute approximate surface area is 90.9 Å². The van der Waals surface area contributed by atoms with E-state index in [9.17, 15) is 4.79 Å². The molecule has 0 amide bonds. The molecule has 0 bridgehead atoms. The largest absolute Gasteiger partial charge is 0.343 e. The van der Waals surface area contributed by atoms with E-state index in [0.717, 1.165) is 11.5 Å². The number of nitrogens with one attached hydrogen (secondary N) is 1. The lowest BCUT2D eigenvalue weighted by molar-refractivity contribution is 0.633. The van der Waals surface area contributed by atoms with Crippen LogP contribution in [-0.4, -0.2) is 19.1 Å².